The molecule has 0 bridgehead atoms. The van der Waals surface area contributed by atoms with Crippen molar-refractivity contribution >= 4 is 17.9 Å². The standard InChI is InChI=1S/C51H89NO7/c1-6-8-10-12-14-16-18-20-22-24-26-28-30-32-34-36-38-40-42-50(54)59-47(45-57-44-43-48(51(55)56)52(3,4)5)46-58-49(53)41-39-37-35-33-31-29-27-25-23-21-19-17-15-13-11-9-7-2/h10,12,14,16,18,20,22,24,26,28,47-48H,6-9,11,13,15,17,19,21,23,25,27,29-46H2,1-5H3/b12-10+,16-14+,20-18+,24-22+,28-26+. The quantitative estimate of drug-likeness (QED) is 0.0261. The summed E-state index contributed by atoms with van der Waals surface area (Å²) in [6.07, 6.45) is 50.9. The van der Waals surface area contributed by atoms with Gasteiger partial charge in [-0.05, 0) is 32.1 Å². The first-order valence-corrected chi connectivity index (χ1v) is 23.9. The number of nitrogens with zero attached hydrogens (tertiary/aromatic N) is 1. The molecule has 59 heavy (non-hydrogen) atoms. The second kappa shape index (κ2) is 41.8. The molecular weight excluding hydrogens is 739 g/mol. The van der Waals surface area contributed by atoms with Crippen molar-refractivity contribution in [1.29, 1.82) is 0 Å². The Hall–Kier alpha value is -2.97. The summed E-state index contributed by atoms with van der Waals surface area (Å²) in [7, 11) is 5.40. The number of hydrogen-bond acceptors (Lipinski definition) is 7. The van der Waals surface area contributed by atoms with Gasteiger partial charge in [0.1, 0.15) is 12.6 Å². The summed E-state index contributed by atoms with van der Waals surface area (Å²) < 4.78 is 17.2. The smallest absolute Gasteiger partial charge is 0.306 e. The average Bonchev–Trinajstić information content (AvgIpc) is 3.19. The van der Waals surface area contributed by atoms with Crippen LogP contribution in [0.5, 0.6) is 0 Å². The van der Waals surface area contributed by atoms with Gasteiger partial charge in [0.2, 0.25) is 0 Å². The number of carboxylic acids is 1. The fourth-order valence-electron chi connectivity index (χ4n) is 6.81. The summed E-state index contributed by atoms with van der Waals surface area (Å²) in [4.78, 5) is 36.9. The summed E-state index contributed by atoms with van der Waals surface area (Å²) in [5.41, 5.74) is 0. The van der Waals surface area contributed by atoms with Crippen LogP contribution < -0.4 is 5.11 Å². The molecule has 0 aliphatic heterocycles. The molecule has 0 aromatic rings. The van der Waals surface area contributed by atoms with Crippen molar-refractivity contribution in [3.8, 4) is 0 Å². The van der Waals surface area contributed by atoms with Gasteiger partial charge >= 0.3 is 11.9 Å². The number of allylic oxidation sites excluding steroid dienone is 10. The van der Waals surface area contributed by atoms with Crippen LogP contribution in [-0.4, -0.2) is 75.5 Å². The zero-order valence-electron chi connectivity index (χ0n) is 38.7. The first-order chi connectivity index (χ1) is 28.6. The van der Waals surface area contributed by atoms with Crippen molar-refractivity contribution in [2.75, 3.05) is 41.0 Å². The van der Waals surface area contributed by atoms with Crippen molar-refractivity contribution in [2.45, 2.75) is 206 Å². The van der Waals surface area contributed by atoms with Crippen molar-refractivity contribution in [3.63, 3.8) is 0 Å². The van der Waals surface area contributed by atoms with Gasteiger partial charge < -0.3 is 28.6 Å². The lowest BCUT2D eigenvalue weighted by atomic mass is 10.0. The van der Waals surface area contributed by atoms with Gasteiger partial charge in [0.15, 0.2) is 6.10 Å². The van der Waals surface area contributed by atoms with Crippen LogP contribution in [0.2, 0.25) is 0 Å². The van der Waals surface area contributed by atoms with Crippen molar-refractivity contribution in [3.05, 3.63) is 60.8 Å². The molecule has 340 valence electrons. The third kappa shape index (κ3) is 40.2. The van der Waals surface area contributed by atoms with E-state index in [2.05, 4.69) is 38.2 Å². The maximum Gasteiger partial charge on any atom is 0.306 e. The van der Waals surface area contributed by atoms with E-state index in [1.165, 1.54) is 96.3 Å². The number of esters is 2. The van der Waals surface area contributed by atoms with Crippen LogP contribution in [0.1, 0.15) is 194 Å². The number of carbonyl (C=O) groups is 3. The van der Waals surface area contributed by atoms with Crippen LogP contribution in [0.3, 0.4) is 0 Å². The van der Waals surface area contributed by atoms with Gasteiger partial charge in [-0.1, -0.05) is 203 Å². The van der Waals surface area contributed by atoms with E-state index in [1.807, 2.05) is 36.5 Å². The predicted molar refractivity (Wildman–Crippen MR) is 245 cm³/mol. The minimum atomic E-state index is -1.13. The van der Waals surface area contributed by atoms with Gasteiger partial charge in [0, 0.05) is 19.3 Å². The van der Waals surface area contributed by atoms with Crippen molar-refractivity contribution in [1.82, 2.24) is 0 Å². The average molecular weight is 828 g/mol. The number of carbonyl (C=O) groups excluding carboxylic acids is 3. The number of aliphatic carboxylic acids is 1. The van der Waals surface area contributed by atoms with E-state index in [4.69, 9.17) is 14.2 Å². The van der Waals surface area contributed by atoms with Crippen LogP contribution >= 0.6 is 0 Å². The fourth-order valence-corrected chi connectivity index (χ4v) is 6.81. The highest BCUT2D eigenvalue weighted by atomic mass is 16.6. The van der Waals surface area contributed by atoms with E-state index in [-0.39, 0.29) is 42.7 Å². The van der Waals surface area contributed by atoms with Crippen molar-refractivity contribution < 1.29 is 38.2 Å². The summed E-state index contributed by atoms with van der Waals surface area (Å²) in [5, 5.41) is 11.6. The molecule has 0 aliphatic rings. The molecule has 2 atom stereocenters. The number of hydrogen-bond donors (Lipinski definition) is 0. The first kappa shape index (κ1) is 56.0. The van der Waals surface area contributed by atoms with Crippen LogP contribution in [0, 0.1) is 0 Å². The number of carboxylic acid groups (broad SMARTS) is 1. The SMILES string of the molecule is CCC/C=C/C=C/C=C/C=C/C=C/CCCCCCCC(=O)OC(COCCC(C(=O)[O-])[N+](C)(C)C)COC(=O)CCCCCCCCCCCCCCCCCCC. The van der Waals surface area contributed by atoms with Gasteiger partial charge in [0.25, 0.3) is 0 Å². The summed E-state index contributed by atoms with van der Waals surface area (Å²) in [6, 6.07) is -0.732. The number of unbranched alkanes of at least 4 members (excludes halogenated alkanes) is 22. The van der Waals surface area contributed by atoms with E-state index in [9.17, 15) is 19.5 Å². The molecule has 2 unspecified atom stereocenters. The van der Waals surface area contributed by atoms with Crippen LogP contribution in [0.25, 0.3) is 0 Å². The lowest BCUT2D eigenvalue weighted by molar-refractivity contribution is -0.889. The maximum absolute atomic E-state index is 12.7. The van der Waals surface area contributed by atoms with Crippen LogP contribution in [0.15, 0.2) is 60.8 Å². The van der Waals surface area contributed by atoms with Gasteiger partial charge in [-0.15, -0.1) is 0 Å². The minimum absolute atomic E-state index is 0.0296. The summed E-state index contributed by atoms with van der Waals surface area (Å²) in [5.74, 6) is -1.76. The highest BCUT2D eigenvalue weighted by Crippen LogP contribution is 2.15. The predicted octanol–water partition coefficient (Wildman–Crippen LogP) is 12.0. The second-order valence-electron chi connectivity index (χ2n) is 17.1. The Morgan fingerprint density at radius 2 is 0.932 bits per heavy atom. The van der Waals surface area contributed by atoms with Gasteiger partial charge in [0.05, 0.1) is 40.3 Å². The highest BCUT2D eigenvalue weighted by Gasteiger charge is 2.25. The molecule has 0 amide bonds. The molecule has 0 aliphatic carbocycles. The van der Waals surface area contributed by atoms with Crippen LogP contribution in [-0.2, 0) is 28.6 Å². The number of ether oxygens (including phenoxy) is 3. The molecule has 8 nitrogen and oxygen atoms in total. The summed E-state index contributed by atoms with van der Waals surface area (Å²) in [6.45, 7) is 4.56. The third-order valence-electron chi connectivity index (χ3n) is 10.5. The Morgan fingerprint density at radius 1 is 0.508 bits per heavy atom. The van der Waals surface area contributed by atoms with Gasteiger partial charge in [-0.2, -0.15) is 0 Å². The zero-order chi connectivity index (χ0) is 43.5. The molecule has 0 aromatic heterocycles. The van der Waals surface area contributed by atoms with E-state index < -0.39 is 18.1 Å². The Bertz CT molecular complexity index is 1150. The first-order valence-electron chi connectivity index (χ1n) is 23.9. The Kier molecular flexibility index (Phi) is 39.6. The Balaban J connectivity index is 4.35. The number of likely N-dealkylation sites (N-methyl/N-ethyl adjacent to an activating group) is 1. The molecule has 0 saturated heterocycles. The zero-order valence-corrected chi connectivity index (χ0v) is 38.7. The van der Waals surface area contributed by atoms with E-state index in [1.54, 1.807) is 21.1 Å². The molecule has 8 heteroatoms. The van der Waals surface area contributed by atoms with E-state index >= 15 is 0 Å². The fraction of sp³-hybridized carbons (Fsp3) is 0.745. The lowest BCUT2D eigenvalue weighted by Gasteiger charge is -2.34. The van der Waals surface area contributed by atoms with Crippen LogP contribution in [0.4, 0.5) is 0 Å². The molecule has 0 heterocycles. The van der Waals surface area contributed by atoms with Gasteiger partial charge in [-0.25, -0.2) is 0 Å². The third-order valence-corrected chi connectivity index (χ3v) is 10.5. The van der Waals surface area contributed by atoms with Crippen molar-refractivity contribution in [2.24, 2.45) is 0 Å². The molecule has 0 aromatic carbocycles. The molecule has 0 radical (unpaired) electrons. The van der Waals surface area contributed by atoms with Gasteiger partial charge in [-0.3, -0.25) is 9.59 Å². The highest BCUT2D eigenvalue weighted by molar-refractivity contribution is 5.70. The second-order valence-corrected chi connectivity index (χ2v) is 17.1. The molecular formula is C51H89NO7. The van der Waals surface area contributed by atoms with E-state index in [0.29, 0.717) is 12.8 Å². The summed E-state index contributed by atoms with van der Waals surface area (Å²) >= 11 is 0. The number of quaternary nitrogens is 1. The number of rotatable bonds is 42. The molecule has 0 rings (SSSR count). The molecule has 0 fully saturated rings. The topological polar surface area (TPSA) is 102 Å². The van der Waals surface area contributed by atoms with E-state index in [0.717, 1.165) is 64.2 Å². The molecule has 0 saturated carbocycles. The molecule has 0 spiro atoms. The lowest BCUT2D eigenvalue weighted by Crippen LogP contribution is -2.55. The largest absolute Gasteiger partial charge is 0.544 e. The Labute approximate surface area is 362 Å². The monoisotopic (exact) mass is 828 g/mol. The normalized spacial score (nSPS) is 13.4. The Morgan fingerprint density at radius 3 is 1.39 bits per heavy atom. The minimum Gasteiger partial charge on any atom is -0.544 e. The maximum atomic E-state index is 12.7. The molecule has 0 N–H and O–H groups in total.